The minimum absolute atomic E-state index is 0. The maximum Gasteiger partial charge on any atom is 0.0476 e. The Balaban J connectivity index is 0.000000853. The Morgan fingerprint density at radius 1 is 0.867 bits per heavy atom. The molecule has 3 heteroatoms. The van der Waals surface area contributed by atoms with Crippen LogP contribution in [0.1, 0.15) is 0 Å². The summed E-state index contributed by atoms with van der Waals surface area (Å²) in [6.45, 7) is 0. The molecule has 1 nitrogen and oxygen atoms in total. The van der Waals surface area contributed by atoms with E-state index in [1.54, 1.807) is 0 Å². The summed E-state index contributed by atoms with van der Waals surface area (Å²) < 4.78 is 1.15. The van der Waals surface area contributed by atoms with E-state index in [1.165, 1.54) is 21.8 Å². The zero-order chi connectivity index (χ0) is 9.54. The summed E-state index contributed by atoms with van der Waals surface area (Å²) in [6, 6.07) is 14.6. The van der Waals surface area contributed by atoms with Gasteiger partial charge in [-0.05, 0) is 18.2 Å². The molecule has 0 atom stereocenters. The quantitative estimate of drug-likeness (QED) is 0.500. The summed E-state index contributed by atoms with van der Waals surface area (Å²) in [4.78, 5) is 3.39. The zero-order valence-electron chi connectivity index (χ0n) is 7.92. The Morgan fingerprint density at radius 2 is 1.60 bits per heavy atom. The first-order chi connectivity index (χ1) is 6.86. The van der Waals surface area contributed by atoms with Crippen molar-refractivity contribution in [3.05, 3.63) is 46.9 Å². The van der Waals surface area contributed by atoms with E-state index in [-0.39, 0.29) is 27.3 Å². The first-order valence-electron chi connectivity index (χ1n) is 4.51. The smallest absolute Gasteiger partial charge is 0.0476 e. The summed E-state index contributed by atoms with van der Waals surface area (Å²) >= 11 is 3.58. The molecule has 0 aliphatic carbocycles. The second-order valence-electron chi connectivity index (χ2n) is 3.33. The molecule has 3 rings (SSSR count). The van der Waals surface area contributed by atoms with Gasteiger partial charge in [0.1, 0.15) is 0 Å². The number of rotatable bonds is 0. The van der Waals surface area contributed by atoms with Crippen LogP contribution >= 0.6 is 15.9 Å². The molecule has 15 heavy (non-hydrogen) atoms. The summed E-state index contributed by atoms with van der Waals surface area (Å²) in [5.74, 6) is 0. The molecule has 3 aromatic rings. The Labute approximate surface area is 116 Å². The molecule has 0 aliphatic rings. The van der Waals surface area contributed by atoms with Crippen LogP contribution in [0.2, 0.25) is 0 Å². The van der Waals surface area contributed by atoms with Crippen molar-refractivity contribution in [1.82, 2.24) is 4.98 Å². The molecule has 72 valence electrons. The van der Waals surface area contributed by atoms with Gasteiger partial charge in [0.2, 0.25) is 0 Å². The largest absolute Gasteiger partial charge is 0.354 e. The average molecular weight is 453 g/mol. The van der Waals surface area contributed by atoms with E-state index in [9.17, 15) is 0 Å². The van der Waals surface area contributed by atoms with Crippen molar-refractivity contribution < 1.29 is 0 Å². The van der Waals surface area contributed by atoms with Crippen LogP contribution in [0.4, 0.5) is 0 Å². The van der Waals surface area contributed by atoms with Crippen molar-refractivity contribution in [2.75, 3.05) is 0 Å². The van der Waals surface area contributed by atoms with Crippen LogP contribution in [-0.4, -0.2) is 32.3 Å². The van der Waals surface area contributed by atoms with Crippen LogP contribution in [0, 0.1) is 0 Å². The molecule has 1 heterocycles. The van der Waals surface area contributed by atoms with Crippen LogP contribution in [0.25, 0.3) is 21.8 Å². The zero-order valence-corrected chi connectivity index (χ0v) is 13.4. The van der Waals surface area contributed by atoms with E-state index in [4.69, 9.17) is 0 Å². The predicted octanol–water partition coefficient (Wildman–Crippen LogP) is 3.70. The minimum atomic E-state index is 0. The normalized spacial score (nSPS) is 10.5. The number of fused-ring (bicyclic) bond motifs is 3. The standard InChI is InChI=1S/C12H8BrN.Pb/c13-9-5-3-7-11-12(9)8-4-1-2-6-10(8)14-11;/h1-7,14H;. The number of aromatic nitrogens is 1. The third-order valence-electron chi connectivity index (χ3n) is 2.48. The van der Waals surface area contributed by atoms with Gasteiger partial charge in [0.15, 0.2) is 0 Å². The molecule has 1 aromatic heterocycles. The van der Waals surface area contributed by atoms with Gasteiger partial charge in [-0.25, -0.2) is 0 Å². The SMILES string of the molecule is Brc1cccc2[nH]c3ccccc3c12.[Pb]. The Morgan fingerprint density at radius 3 is 2.47 bits per heavy atom. The Hall–Kier alpha value is -0.358. The third kappa shape index (κ3) is 1.74. The number of para-hydroxylation sites is 1. The topological polar surface area (TPSA) is 15.8 Å². The van der Waals surface area contributed by atoms with Crippen molar-refractivity contribution in [3.8, 4) is 0 Å². The van der Waals surface area contributed by atoms with E-state index in [0.29, 0.717) is 0 Å². The molecule has 1 N–H and O–H groups in total. The number of hydrogen-bond acceptors (Lipinski definition) is 0. The van der Waals surface area contributed by atoms with E-state index in [1.807, 2.05) is 12.1 Å². The van der Waals surface area contributed by atoms with Crippen LogP contribution in [0.3, 0.4) is 0 Å². The van der Waals surface area contributed by atoms with Gasteiger partial charge in [-0.1, -0.05) is 40.2 Å². The number of H-pyrrole nitrogens is 1. The van der Waals surface area contributed by atoms with Crippen molar-refractivity contribution in [2.24, 2.45) is 0 Å². The Kier molecular flexibility index (Phi) is 3.16. The predicted molar refractivity (Wildman–Crippen MR) is 69.3 cm³/mol. The van der Waals surface area contributed by atoms with E-state index < -0.39 is 0 Å². The maximum atomic E-state index is 3.58. The van der Waals surface area contributed by atoms with Gasteiger partial charge in [0, 0.05) is 53.6 Å². The van der Waals surface area contributed by atoms with Gasteiger partial charge in [-0.3, -0.25) is 0 Å². The van der Waals surface area contributed by atoms with Gasteiger partial charge in [-0.2, -0.15) is 0 Å². The van der Waals surface area contributed by atoms with Crippen molar-refractivity contribution in [3.63, 3.8) is 0 Å². The first-order valence-corrected chi connectivity index (χ1v) is 5.30. The second kappa shape index (κ2) is 4.25. The van der Waals surface area contributed by atoms with Crippen molar-refractivity contribution >= 4 is 65.0 Å². The molecule has 0 saturated heterocycles. The molecule has 2 aromatic carbocycles. The summed E-state index contributed by atoms with van der Waals surface area (Å²) in [5, 5.41) is 2.54. The average Bonchev–Trinajstić information content (AvgIpc) is 2.57. The molecule has 0 fully saturated rings. The molecule has 4 radical (unpaired) electrons. The van der Waals surface area contributed by atoms with Crippen LogP contribution in [-0.2, 0) is 0 Å². The van der Waals surface area contributed by atoms with Gasteiger partial charge < -0.3 is 4.98 Å². The molecular formula is C12H8BrNPb. The van der Waals surface area contributed by atoms with Crippen molar-refractivity contribution in [2.45, 2.75) is 0 Å². The summed E-state index contributed by atoms with van der Waals surface area (Å²) in [7, 11) is 0. The number of aromatic amines is 1. The number of nitrogens with one attached hydrogen (secondary N) is 1. The molecule has 0 spiro atoms. The minimum Gasteiger partial charge on any atom is -0.354 e. The van der Waals surface area contributed by atoms with E-state index >= 15 is 0 Å². The molecular weight excluding hydrogens is 445 g/mol. The van der Waals surface area contributed by atoms with Crippen molar-refractivity contribution in [1.29, 1.82) is 0 Å². The number of benzene rings is 2. The summed E-state index contributed by atoms with van der Waals surface area (Å²) in [6.07, 6.45) is 0. The monoisotopic (exact) mass is 453 g/mol. The number of hydrogen-bond donors (Lipinski definition) is 1. The number of halogens is 1. The van der Waals surface area contributed by atoms with Gasteiger partial charge in [0.25, 0.3) is 0 Å². The molecule has 0 bridgehead atoms. The second-order valence-corrected chi connectivity index (χ2v) is 4.19. The fraction of sp³-hybridized carbons (Fsp3) is 0. The van der Waals surface area contributed by atoms with Gasteiger partial charge in [-0.15, -0.1) is 0 Å². The van der Waals surface area contributed by atoms with Gasteiger partial charge in [0.05, 0.1) is 0 Å². The fourth-order valence-corrected chi connectivity index (χ4v) is 2.44. The fourth-order valence-electron chi connectivity index (χ4n) is 1.86. The third-order valence-corrected chi connectivity index (χ3v) is 3.14. The van der Waals surface area contributed by atoms with Crippen LogP contribution in [0.15, 0.2) is 46.9 Å². The van der Waals surface area contributed by atoms with E-state index in [0.717, 1.165) is 4.47 Å². The molecule has 0 aliphatic heterocycles. The van der Waals surface area contributed by atoms with Crippen LogP contribution < -0.4 is 0 Å². The maximum absolute atomic E-state index is 3.58. The molecule has 0 amide bonds. The van der Waals surface area contributed by atoms with Crippen LogP contribution in [0.5, 0.6) is 0 Å². The van der Waals surface area contributed by atoms with Gasteiger partial charge >= 0.3 is 0 Å². The molecule has 0 saturated carbocycles. The molecule has 0 unspecified atom stereocenters. The Bertz CT molecular complexity index is 615. The summed E-state index contributed by atoms with van der Waals surface area (Å²) in [5.41, 5.74) is 2.37. The first kappa shape index (κ1) is 11.1. The van der Waals surface area contributed by atoms with E-state index in [2.05, 4.69) is 51.2 Å².